The van der Waals surface area contributed by atoms with Crippen molar-refractivity contribution in [3.63, 3.8) is 0 Å². The van der Waals surface area contributed by atoms with Crippen LogP contribution in [0.1, 0.15) is 19.4 Å². The maximum atomic E-state index is 13.9. The fraction of sp³-hybridized carbons (Fsp3) is 0.500. The Morgan fingerprint density at radius 2 is 2.25 bits per heavy atom. The molecule has 6 heteroatoms. The van der Waals surface area contributed by atoms with Crippen LogP contribution >= 0.6 is 0 Å². The van der Waals surface area contributed by atoms with E-state index in [1.165, 1.54) is 13.2 Å². The molecule has 1 aromatic carbocycles. The van der Waals surface area contributed by atoms with Gasteiger partial charge < -0.3 is 15.7 Å². The maximum absolute atomic E-state index is 13.9. The van der Waals surface area contributed by atoms with Crippen LogP contribution in [-0.4, -0.2) is 36.1 Å². The van der Waals surface area contributed by atoms with Crippen LogP contribution < -0.4 is 10.5 Å². The first kappa shape index (κ1) is 16.2. The summed E-state index contributed by atoms with van der Waals surface area (Å²) >= 11 is 0. The summed E-state index contributed by atoms with van der Waals surface area (Å²) in [6.45, 7) is 5.66. The van der Waals surface area contributed by atoms with Gasteiger partial charge in [0.25, 0.3) is 0 Å². The van der Waals surface area contributed by atoms with Gasteiger partial charge >= 0.3 is 0 Å². The second-order valence-electron chi connectivity index (χ2n) is 4.71. The van der Waals surface area contributed by atoms with Crippen LogP contribution in [0.5, 0.6) is 5.75 Å². The van der Waals surface area contributed by atoms with Crippen molar-refractivity contribution < 1.29 is 14.3 Å². The number of oxime groups is 1. The fourth-order valence-corrected chi connectivity index (χ4v) is 1.91. The molecule has 0 bridgehead atoms. The quantitative estimate of drug-likeness (QED) is 0.348. The van der Waals surface area contributed by atoms with Crippen LogP contribution in [0, 0.1) is 11.7 Å². The van der Waals surface area contributed by atoms with Crippen molar-refractivity contribution >= 4 is 5.84 Å². The number of hydrogen-bond donors (Lipinski definition) is 2. The summed E-state index contributed by atoms with van der Waals surface area (Å²) in [7, 11) is 1.51. The van der Waals surface area contributed by atoms with E-state index in [0.29, 0.717) is 24.4 Å². The molecule has 0 aliphatic rings. The Labute approximate surface area is 118 Å². The van der Waals surface area contributed by atoms with Gasteiger partial charge in [-0.05, 0) is 12.6 Å². The third kappa shape index (κ3) is 4.38. The van der Waals surface area contributed by atoms with Gasteiger partial charge in [-0.1, -0.05) is 25.1 Å². The molecule has 20 heavy (non-hydrogen) atoms. The summed E-state index contributed by atoms with van der Waals surface area (Å²) in [4.78, 5) is 2.04. The Morgan fingerprint density at radius 1 is 1.55 bits per heavy atom. The number of nitrogens with zero attached hydrogens (tertiary/aromatic N) is 2. The van der Waals surface area contributed by atoms with E-state index in [-0.39, 0.29) is 17.6 Å². The summed E-state index contributed by atoms with van der Waals surface area (Å²) in [5.41, 5.74) is 6.16. The lowest BCUT2D eigenvalue weighted by atomic mass is 10.1. The predicted molar refractivity (Wildman–Crippen MR) is 76.5 cm³/mol. The zero-order valence-corrected chi connectivity index (χ0v) is 12.1. The van der Waals surface area contributed by atoms with Gasteiger partial charge in [0, 0.05) is 30.6 Å². The fourth-order valence-electron chi connectivity index (χ4n) is 1.91. The average molecular weight is 283 g/mol. The Bertz CT molecular complexity index is 466. The molecule has 0 fully saturated rings. The molecule has 3 N–H and O–H groups in total. The molecule has 1 aromatic rings. The molecule has 1 rings (SSSR count). The van der Waals surface area contributed by atoms with E-state index in [9.17, 15) is 4.39 Å². The molecule has 0 amide bonds. The van der Waals surface area contributed by atoms with Crippen LogP contribution in [0.25, 0.3) is 0 Å². The van der Waals surface area contributed by atoms with E-state index in [0.717, 1.165) is 6.54 Å². The third-order valence-electron chi connectivity index (χ3n) is 3.25. The lowest BCUT2D eigenvalue weighted by Crippen LogP contribution is -2.34. The zero-order valence-electron chi connectivity index (χ0n) is 12.1. The van der Waals surface area contributed by atoms with Crippen molar-refractivity contribution in [2.75, 3.05) is 20.2 Å². The minimum Gasteiger partial charge on any atom is -0.497 e. The van der Waals surface area contributed by atoms with Crippen LogP contribution in [0.15, 0.2) is 23.4 Å². The summed E-state index contributed by atoms with van der Waals surface area (Å²) < 4.78 is 18.9. The normalized spacial score (nSPS) is 13.6. The zero-order chi connectivity index (χ0) is 15.1. The van der Waals surface area contributed by atoms with Gasteiger partial charge in [-0.15, -0.1) is 0 Å². The Hall–Kier alpha value is -1.82. The molecule has 0 radical (unpaired) electrons. The molecule has 5 nitrogen and oxygen atoms in total. The van der Waals surface area contributed by atoms with Crippen LogP contribution in [0.2, 0.25) is 0 Å². The van der Waals surface area contributed by atoms with E-state index in [4.69, 9.17) is 15.7 Å². The molecular weight excluding hydrogens is 261 g/mol. The first-order chi connectivity index (χ1) is 9.51. The maximum Gasteiger partial charge on any atom is 0.143 e. The van der Waals surface area contributed by atoms with Gasteiger partial charge in [0.1, 0.15) is 17.4 Å². The highest BCUT2D eigenvalue weighted by Crippen LogP contribution is 2.18. The SMILES string of the molecule is CCN(Cc1ccc(OC)cc1F)CC(C)/C(N)=N/O. The van der Waals surface area contributed by atoms with E-state index in [1.807, 2.05) is 18.7 Å². The smallest absolute Gasteiger partial charge is 0.143 e. The molecule has 0 aromatic heterocycles. The van der Waals surface area contributed by atoms with Gasteiger partial charge in [-0.2, -0.15) is 0 Å². The molecule has 1 unspecified atom stereocenters. The summed E-state index contributed by atoms with van der Waals surface area (Å²) in [6, 6.07) is 4.82. The number of nitrogens with two attached hydrogens (primary N) is 1. The number of benzene rings is 1. The first-order valence-electron chi connectivity index (χ1n) is 6.54. The molecule has 0 spiro atoms. The van der Waals surface area contributed by atoms with Crippen molar-refractivity contribution in [2.24, 2.45) is 16.8 Å². The Morgan fingerprint density at radius 3 is 2.75 bits per heavy atom. The van der Waals surface area contributed by atoms with Crippen molar-refractivity contribution in [1.82, 2.24) is 4.90 Å². The first-order valence-corrected chi connectivity index (χ1v) is 6.54. The molecular formula is C14H22FN3O2. The molecule has 0 heterocycles. The van der Waals surface area contributed by atoms with Crippen LogP contribution in [0.4, 0.5) is 4.39 Å². The van der Waals surface area contributed by atoms with E-state index in [1.54, 1.807) is 12.1 Å². The minimum absolute atomic E-state index is 0.0961. The number of hydrogen-bond acceptors (Lipinski definition) is 4. The highest BCUT2D eigenvalue weighted by Gasteiger charge is 2.14. The van der Waals surface area contributed by atoms with Gasteiger partial charge in [-0.25, -0.2) is 4.39 Å². The number of methoxy groups -OCH3 is 1. The van der Waals surface area contributed by atoms with Gasteiger partial charge in [0.15, 0.2) is 0 Å². The highest BCUT2D eigenvalue weighted by molar-refractivity contribution is 5.82. The van der Waals surface area contributed by atoms with Crippen molar-refractivity contribution in [1.29, 1.82) is 0 Å². The average Bonchev–Trinajstić information content (AvgIpc) is 2.47. The number of rotatable bonds is 7. The van der Waals surface area contributed by atoms with E-state index < -0.39 is 0 Å². The molecule has 0 saturated carbocycles. The molecule has 0 aliphatic heterocycles. The summed E-state index contributed by atoms with van der Waals surface area (Å²) in [6.07, 6.45) is 0. The van der Waals surface area contributed by atoms with Crippen LogP contribution in [-0.2, 0) is 6.54 Å². The lowest BCUT2D eigenvalue weighted by molar-refractivity contribution is 0.254. The summed E-state index contributed by atoms with van der Waals surface area (Å²) in [5, 5.41) is 11.7. The Balaban J connectivity index is 2.73. The highest BCUT2D eigenvalue weighted by atomic mass is 19.1. The van der Waals surface area contributed by atoms with Crippen molar-refractivity contribution in [3.05, 3.63) is 29.6 Å². The minimum atomic E-state index is -0.292. The molecule has 1 atom stereocenters. The van der Waals surface area contributed by atoms with Gasteiger partial charge in [0.05, 0.1) is 7.11 Å². The van der Waals surface area contributed by atoms with E-state index >= 15 is 0 Å². The van der Waals surface area contributed by atoms with Gasteiger partial charge in [-0.3, -0.25) is 4.90 Å². The second-order valence-corrected chi connectivity index (χ2v) is 4.71. The number of amidine groups is 1. The van der Waals surface area contributed by atoms with Crippen molar-refractivity contribution in [2.45, 2.75) is 20.4 Å². The second kappa shape index (κ2) is 7.69. The van der Waals surface area contributed by atoms with Crippen molar-refractivity contribution in [3.8, 4) is 5.75 Å². The standard InChI is InChI=1S/C14H22FN3O2/c1-4-18(8-10(2)14(16)17-19)9-11-5-6-12(20-3)7-13(11)15/h5-7,10,19H,4,8-9H2,1-3H3,(H2,16,17). The lowest BCUT2D eigenvalue weighted by Gasteiger charge is -2.24. The largest absolute Gasteiger partial charge is 0.497 e. The Kier molecular flexibility index (Phi) is 6.24. The van der Waals surface area contributed by atoms with Gasteiger partial charge in [0.2, 0.25) is 0 Å². The van der Waals surface area contributed by atoms with E-state index in [2.05, 4.69) is 5.16 Å². The summed E-state index contributed by atoms with van der Waals surface area (Å²) in [5.74, 6) is 0.290. The molecule has 112 valence electrons. The number of ether oxygens (including phenoxy) is 1. The molecule has 0 aliphatic carbocycles. The predicted octanol–water partition coefficient (Wildman–Crippen LogP) is 2.04. The third-order valence-corrected chi connectivity index (χ3v) is 3.25. The topological polar surface area (TPSA) is 71.1 Å². The van der Waals surface area contributed by atoms with Crippen LogP contribution in [0.3, 0.4) is 0 Å². The monoisotopic (exact) mass is 283 g/mol. The molecule has 0 saturated heterocycles. The number of halogens is 1.